The molecule has 0 radical (unpaired) electrons. The van der Waals surface area contributed by atoms with Crippen molar-refractivity contribution in [2.24, 2.45) is 0 Å². The molecule has 7 nitrogen and oxygen atoms in total. The fraction of sp³-hybridized carbons (Fsp3) is 0.0588. The van der Waals surface area contributed by atoms with Gasteiger partial charge in [-0.2, -0.15) is 5.10 Å². The van der Waals surface area contributed by atoms with Crippen molar-refractivity contribution in [3.63, 3.8) is 0 Å². The number of anilines is 1. The van der Waals surface area contributed by atoms with Crippen LogP contribution in [-0.4, -0.2) is 20.6 Å². The topological polar surface area (TPSA) is 90.1 Å². The van der Waals surface area contributed by atoms with Gasteiger partial charge in [-0.05, 0) is 29.8 Å². The number of benzene rings is 2. The van der Waals surface area contributed by atoms with Crippen molar-refractivity contribution in [3.05, 3.63) is 87.1 Å². The molecule has 3 rings (SSSR count). The Morgan fingerprint density at radius 1 is 1.12 bits per heavy atom. The van der Waals surface area contributed by atoms with Gasteiger partial charge in [0.25, 0.3) is 11.6 Å². The fourth-order valence-electron chi connectivity index (χ4n) is 2.22. The number of carbonyl (C=O) groups excluding carboxylic acids is 1. The largest absolute Gasteiger partial charge is 0.305 e. The summed E-state index contributed by atoms with van der Waals surface area (Å²) in [4.78, 5) is 22.3. The van der Waals surface area contributed by atoms with Gasteiger partial charge in [0.1, 0.15) is 0 Å². The molecule has 1 N–H and O–H groups in total. The molecule has 25 heavy (non-hydrogen) atoms. The molecule has 0 atom stereocenters. The summed E-state index contributed by atoms with van der Waals surface area (Å²) in [7, 11) is 0. The van der Waals surface area contributed by atoms with Gasteiger partial charge in [-0.3, -0.25) is 19.6 Å². The molecule has 1 amide bonds. The lowest BCUT2D eigenvalue weighted by Crippen LogP contribution is -2.12. The summed E-state index contributed by atoms with van der Waals surface area (Å²) in [5, 5.41) is 18.2. The third kappa shape index (κ3) is 4.21. The number of amides is 1. The van der Waals surface area contributed by atoms with Crippen molar-refractivity contribution in [2.45, 2.75) is 6.54 Å². The van der Waals surface area contributed by atoms with Crippen LogP contribution in [0.5, 0.6) is 0 Å². The first-order chi connectivity index (χ1) is 12.0. The minimum Gasteiger partial charge on any atom is -0.305 e. The Balaban J connectivity index is 1.65. The number of nitro groups is 1. The Bertz CT molecular complexity index is 904. The lowest BCUT2D eigenvalue weighted by atomic mass is 10.2. The van der Waals surface area contributed by atoms with Crippen LogP contribution in [-0.2, 0) is 6.54 Å². The molecule has 0 aliphatic rings. The Morgan fingerprint density at radius 3 is 2.44 bits per heavy atom. The lowest BCUT2D eigenvalue weighted by Gasteiger charge is -2.03. The highest BCUT2D eigenvalue weighted by molar-refractivity contribution is 6.30. The van der Waals surface area contributed by atoms with Crippen molar-refractivity contribution in [3.8, 4) is 0 Å². The van der Waals surface area contributed by atoms with Gasteiger partial charge in [0, 0.05) is 35.0 Å². The van der Waals surface area contributed by atoms with E-state index in [0.717, 1.165) is 5.56 Å². The molecular weight excluding hydrogens is 344 g/mol. The van der Waals surface area contributed by atoms with Crippen LogP contribution in [0.25, 0.3) is 0 Å². The van der Waals surface area contributed by atoms with E-state index >= 15 is 0 Å². The second kappa shape index (κ2) is 7.14. The maximum Gasteiger partial charge on any atom is 0.269 e. The molecule has 0 unspecified atom stereocenters. The van der Waals surface area contributed by atoms with Gasteiger partial charge in [-0.25, -0.2) is 0 Å². The van der Waals surface area contributed by atoms with Crippen molar-refractivity contribution in [2.75, 3.05) is 5.32 Å². The van der Waals surface area contributed by atoms with Gasteiger partial charge in [-0.1, -0.05) is 23.7 Å². The molecule has 3 aromatic rings. The minimum absolute atomic E-state index is 0.0659. The summed E-state index contributed by atoms with van der Waals surface area (Å²) in [6.45, 7) is 0.546. The van der Waals surface area contributed by atoms with Gasteiger partial charge < -0.3 is 5.32 Å². The standard InChI is InChI=1S/C17H13ClN4O3/c18-14-5-1-12(2-6-14)11-21-10-9-16(20-21)19-17(23)13-3-7-15(8-4-13)22(24)25/h1-10H,11H2,(H,19,20,23). The monoisotopic (exact) mass is 356 g/mol. The number of non-ortho nitro benzene ring substituents is 1. The second-order valence-electron chi connectivity index (χ2n) is 5.28. The van der Waals surface area contributed by atoms with Gasteiger partial charge in [0.15, 0.2) is 5.82 Å². The van der Waals surface area contributed by atoms with Crippen LogP contribution >= 0.6 is 11.6 Å². The maximum absolute atomic E-state index is 12.2. The van der Waals surface area contributed by atoms with E-state index in [9.17, 15) is 14.9 Å². The summed E-state index contributed by atoms with van der Waals surface area (Å²) >= 11 is 5.85. The average molecular weight is 357 g/mol. The Hall–Kier alpha value is -3.19. The second-order valence-corrected chi connectivity index (χ2v) is 5.72. The van der Waals surface area contributed by atoms with Crippen LogP contribution < -0.4 is 5.32 Å². The molecule has 0 bridgehead atoms. The molecule has 0 aliphatic carbocycles. The third-order valence-corrected chi connectivity index (χ3v) is 3.73. The molecule has 0 fully saturated rings. The third-order valence-electron chi connectivity index (χ3n) is 3.48. The maximum atomic E-state index is 12.2. The van der Waals surface area contributed by atoms with Crippen molar-refractivity contribution in [1.82, 2.24) is 9.78 Å². The number of nitrogens with zero attached hydrogens (tertiary/aromatic N) is 3. The molecule has 1 aromatic heterocycles. The first-order valence-electron chi connectivity index (χ1n) is 7.35. The molecule has 1 heterocycles. The normalized spacial score (nSPS) is 10.4. The van der Waals surface area contributed by atoms with Crippen LogP contribution in [0.2, 0.25) is 5.02 Å². The van der Waals surface area contributed by atoms with E-state index in [4.69, 9.17) is 11.6 Å². The highest BCUT2D eigenvalue weighted by atomic mass is 35.5. The van der Waals surface area contributed by atoms with E-state index < -0.39 is 4.92 Å². The lowest BCUT2D eigenvalue weighted by molar-refractivity contribution is -0.384. The van der Waals surface area contributed by atoms with Gasteiger partial charge >= 0.3 is 0 Å². The van der Waals surface area contributed by atoms with Crippen molar-refractivity contribution in [1.29, 1.82) is 0 Å². The quantitative estimate of drug-likeness (QED) is 0.557. The number of aromatic nitrogens is 2. The fourth-order valence-corrected chi connectivity index (χ4v) is 2.34. The summed E-state index contributed by atoms with van der Waals surface area (Å²) in [6.07, 6.45) is 1.75. The predicted molar refractivity (Wildman–Crippen MR) is 93.8 cm³/mol. The first kappa shape index (κ1) is 16.7. The number of halogens is 1. The van der Waals surface area contributed by atoms with E-state index in [-0.39, 0.29) is 11.6 Å². The van der Waals surface area contributed by atoms with Crippen molar-refractivity contribution >= 4 is 29.0 Å². The number of carbonyl (C=O) groups is 1. The van der Waals surface area contributed by atoms with E-state index in [0.29, 0.717) is 22.9 Å². The molecule has 0 spiro atoms. The smallest absolute Gasteiger partial charge is 0.269 e. The summed E-state index contributed by atoms with van der Waals surface area (Å²) in [5.74, 6) is 0.0176. The van der Waals surface area contributed by atoms with Crippen molar-refractivity contribution < 1.29 is 9.72 Å². The molecular formula is C17H13ClN4O3. The highest BCUT2D eigenvalue weighted by Crippen LogP contribution is 2.14. The molecule has 126 valence electrons. The van der Waals surface area contributed by atoms with Gasteiger partial charge in [-0.15, -0.1) is 0 Å². The summed E-state index contributed by atoms with van der Waals surface area (Å²) < 4.78 is 1.69. The SMILES string of the molecule is O=C(Nc1ccn(Cc2ccc(Cl)cc2)n1)c1ccc([N+](=O)[O-])cc1. The zero-order chi connectivity index (χ0) is 17.8. The number of rotatable bonds is 5. The average Bonchev–Trinajstić information content (AvgIpc) is 3.04. The Morgan fingerprint density at radius 2 is 1.80 bits per heavy atom. The van der Waals surface area contributed by atoms with Crippen LogP contribution in [0.1, 0.15) is 15.9 Å². The number of nitrogens with one attached hydrogen (secondary N) is 1. The van der Waals surface area contributed by atoms with E-state index in [1.807, 2.05) is 12.1 Å². The molecule has 2 aromatic carbocycles. The number of nitro benzene ring substituents is 1. The predicted octanol–water partition coefficient (Wildman–Crippen LogP) is 3.75. The minimum atomic E-state index is -0.514. The summed E-state index contributed by atoms with van der Waals surface area (Å²) in [5.41, 5.74) is 1.28. The van der Waals surface area contributed by atoms with Gasteiger partial charge in [0.05, 0.1) is 11.5 Å². The molecule has 8 heteroatoms. The first-order valence-corrected chi connectivity index (χ1v) is 7.73. The van der Waals surface area contributed by atoms with E-state index in [1.165, 1.54) is 24.3 Å². The molecule has 0 saturated heterocycles. The summed E-state index contributed by atoms with van der Waals surface area (Å²) in [6, 6.07) is 14.5. The molecule has 0 saturated carbocycles. The van der Waals surface area contributed by atoms with E-state index in [2.05, 4.69) is 10.4 Å². The van der Waals surface area contributed by atoms with Crippen LogP contribution in [0.4, 0.5) is 11.5 Å². The van der Waals surface area contributed by atoms with Crippen LogP contribution in [0.3, 0.4) is 0 Å². The zero-order valence-corrected chi connectivity index (χ0v) is 13.7. The Kier molecular flexibility index (Phi) is 4.76. The highest BCUT2D eigenvalue weighted by Gasteiger charge is 2.11. The van der Waals surface area contributed by atoms with Crippen LogP contribution in [0, 0.1) is 10.1 Å². The van der Waals surface area contributed by atoms with E-state index in [1.54, 1.807) is 29.1 Å². The Labute approximate surface area is 148 Å². The van der Waals surface area contributed by atoms with Gasteiger partial charge in [0.2, 0.25) is 0 Å². The zero-order valence-electron chi connectivity index (χ0n) is 12.9. The number of hydrogen-bond acceptors (Lipinski definition) is 4. The van der Waals surface area contributed by atoms with Crippen LogP contribution in [0.15, 0.2) is 60.8 Å². The molecule has 0 aliphatic heterocycles. The number of hydrogen-bond donors (Lipinski definition) is 1.